The first kappa shape index (κ1) is 11.6. The maximum absolute atomic E-state index is 11.6. The molecule has 0 aromatic carbocycles. The summed E-state index contributed by atoms with van der Waals surface area (Å²) >= 11 is 0.821. The summed E-state index contributed by atoms with van der Waals surface area (Å²) in [6.07, 6.45) is 3.12. The van der Waals surface area contributed by atoms with Crippen LogP contribution in [0.2, 0.25) is 0 Å². The minimum atomic E-state index is -0.417. The van der Waals surface area contributed by atoms with Crippen molar-refractivity contribution >= 4 is 27.6 Å². The van der Waals surface area contributed by atoms with Gasteiger partial charge in [0.05, 0.1) is 6.61 Å². The van der Waals surface area contributed by atoms with Gasteiger partial charge in [0.25, 0.3) is 5.56 Å². The molecule has 0 spiro atoms. The molecule has 0 unspecified atom stereocenters. The first-order valence-corrected chi connectivity index (χ1v) is 5.60. The summed E-state index contributed by atoms with van der Waals surface area (Å²) < 4.78 is 1.58. The number of nitrogens with one attached hydrogen (secondary N) is 1. The number of nitrogens with two attached hydrogens (primary N) is 1. The number of aliphatic hydroxyl groups is 1. The molecule has 0 aliphatic carbocycles. The minimum absolute atomic E-state index is 0.0276. The zero-order valence-corrected chi connectivity index (χ0v) is 9.53. The van der Waals surface area contributed by atoms with E-state index in [1.807, 2.05) is 0 Å². The van der Waals surface area contributed by atoms with Crippen LogP contribution in [0.1, 0.15) is 0 Å². The van der Waals surface area contributed by atoms with Gasteiger partial charge in [0, 0.05) is 6.54 Å². The van der Waals surface area contributed by atoms with Crippen molar-refractivity contribution in [3.63, 3.8) is 0 Å². The van der Waals surface area contributed by atoms with Crippen LogP contribution in [0.5, 0.6) is 0 Å². The van der Waals surface area contributed by atoms with Gasteiger partial charge in [-0.25, -0.2) is 0 Å². The monoisotopic (exact) mass is 254 g/mol. The highest BCUT2D eigenvalue weighted by Crippen LogP contribution is 2.10. The van der Waals surface area contributed by atoms with Crippen molar-refractivity contribution in [3.05, 3.63) is 32.2 Å². The fourth-order valence-corrected chi connectivity index (χ4v) is 2.22. The van der Waals surface area contributed by atoms with Gasteiger partial charge in [-0.15, -0.1) is 0 Å². The third-order valence-corrected chi connectivity index (χ3v) is 3.07. The Kier molecular flexibility index (Phi) is 3.07. The standard InChI is InChI=1S/C9H10N4O3S/c10-8-11-6-5(7(15)12-8)17-9(16)13(6)3-1-2-4-14/h1-2,14H,3-4H2,(H3,10,11,12,15)/b2-1-. The van der Waals surface area contributed by atoms with Crippen LogP contribution in [0.3, 0.4) is 0 Å². The van der Waals surface area contributed by atoms with E-state index in [1.165, 1.54) is 10.6 Å². The Morgan fingerprint density at radius 2 is 2.24 bits per heavy atom. The summed E-state index contributed by atoms with van der Waals surface area (Å²) in [7, 11) is 0. The number of aromatic amines is 1. The lowest BCUT2D eigenvalue weighted by Gasteiger charge is -1.98. The van der Waals surface area contributed by atoms with Gasteiger partial charge < -0.3 is 10.8 Å². The highest BCUT2D eigenvalue weighted by atomic mass is 32.1. The second-order valence-electron chi connectivity index (χ2n) is 3.24. The Morgan fingerprint density at radius 3 is 2.94 bits per heavy atom. The van der Waals surface area contributed by atoms with E-state index in [9.17, 15) is 9.59 Å². The molecule has 0 radical (unpaired) electrons. The Balaban J connectivity index is 2.62. The third kappa shape index (κ3) is 2.12. The lowest BCUT2D eigenvalue weighted by Crippen LogP contribution is -2.14. The summed E-state index contributed by atoms with van der Waals surface area (Å²) in [5, 5.41) is 8.60. The van der Waals surface area contributed by atoms with Gasteiger partial charge in [0.1, 0.15) is 4.70 Å². The first-order chi connectivity index (χ1) is 8.13. The maximum Gasteiger partial charge on any atom is 0.309 e. The topological polar surface area (TPSA) is 114 Å². The van der Waals surface area contributed by atoms with E-state index in [4.69, 9.17) is 10.8 Å². The fraction of sp³-hybridized carbons (Fsp3) is 0.222. The SMILES string of the molecule is Nc1nc2c(sc(=O)n2C/C=C\CO)c(=O)[nH]1. The van der Waals surface area contributed by atoms with E-state index in [0.29, 0.717) is 0 Å². The number of nitrogens with zero attached hydrogens (tertiary/aromatic N) is 2. The highest BCUT2D eigenvalue weighted by molar-refractivity contribution is 7.16. The van der Waals surface area contributed by atoms with Gasteiger partial charge in [-0.3, -0.25) is 19.1 Å². The smallest absolute Gasteiger partial charge is 0.309 e. The van der Waals surface area contributed by atoms with Crippen LogP contribution in [-0.2, 0) is 6.54 Å². The van der Waals surface area contributed by atoms with E-state index in [0.717, 1.165) is 11.3 Å². The molecular weight excluding hydrogens is 244 g/mol. The molecule has 0 saturated heterocycles. The molecule has 17 heavy (non-hydrogen) atoms. The average Bonchev–Trinajstić information content (AvgIpc) is 2.57. The van der Waals surface area contributed by atoms with Crippen LogP contribution in [0, 0.1) is 0 Å². The minimum Gasteiger partial charge on any atom is -0.392 e. The number of hydrogen-bond acceptors (Lipinski definition) is 6. The van der Waals surface area contributed by atoms with Gasteiger partial charge in [-0.05, 0) is 0 Å². The van der Waals surface area contributed by atoms with Crippen LogP contribution < -0.4 is 16.2 Å². The van der Waals surface area contributed by atoms with Gasteiger partial charge in [0.15, 0.2) is 5.65 Å². The van der Waals surface area contributed by atoms with Crippen molar-refractivity contribution in [2.24, 2.45) is 0 Å². The Labute approximate surface area is 98.8 Å². The second kappa shape index (κ2) is 4.52. The van der Waals surface area contributed by atoms with E-state index in [2.05, 4.69) is 9.97 Å². The largest absolute Gasteiger partial charge is 0.392 e. The molecule has 4 N–H and O–H groups in total. The molecule has 2 aromatic rings. The summed E-state index contributed by atoms with van der Waals surface area (Å²) in [6, 6.07) is 0. The van der Waals surface area contributed by atoms with Crippen molar-refractivity contribution in [2.75, 3.05) is 12.3 Å². The molecule has 0 saturated carbocycles. The molecule has 0 amide bonds. The molecule has 0 bridgehead atoms. The van der Waals surface area contributed by atoms with Crippen LogP contribution in [-0.4, -0.2) is 26.2 Å². The Bertz CT molecular complexity index is 682. The van der Waals surface area contributed by atoms with Crippen molar-refractivity contribution in [1.29, 1.82) is 0 Å². The van der Waals surface area contributed by atoms with Gasteiger partial charge >= 0.3 is 4.87 Å². The number of aromatic nitrogens is 3. The quantitative estimate of drug-likeness (QED) is 0.625. The van der Waals surface area contributed by atoms with E-state index in [-0.39, 0.29) is 34.3 Å². The second-order valence-corrected chi connectivity index (χ2v) is 4.20. The van der Waals surface area contributed by atoms with Crippen LogP contribution in [0.15, 0.2) is 21.7 Å². The van der Waals surface area contributed by atoms with Gasteiger partial charge in [-0.2, -0.15) is 4.98 Å². The zero-order valence-electron chi connectivity index (χ0n) is 8.71. The van der Waals surface area contributed by atoms with Crippen molar-refractivity contribution < 1.29 is 5.11 Å². The number of allylic oxidation sites excluding steroid dienone is 1. The first-order valence-electron chi connectivity index (χ1n) is 4.78. The Hall–Kier alpha value is -1.93. The number of aliphatic hydroxyl groups excluding tert-OH is 1. The number of H-pyrrole nitrogens is 1. The molecule has 8 heteroatoms. The number of hydrogen-bond donors (Lipinski definition) is 3. The summed E-state index contributed by atoms with van der Waals surface area (Å²) in [5.74, 6) is -0.0276. The van der Waals surface area contributed by atoms with E-state index < -0.39 is 5.56 Å². The molecule has 2 rings (SSSR count). The lowest BCUT2D eigenvalue weighted by molar-refractivity contribution is 0.342. The molecule has 7 nitrogen and oxygen atoms in total. The van der Waals surface area contributed by atoms with E-state index in [1.54, 1.807) is 6.08 Å². The maximum atomic E-state index is 11.6. The van der Waals surface area contributed by atoms with Crippen molar-refractivity contribution in [1.82, 2.24) is 14.5 Å². The fourth-order valence-electron chi connectivity index (χ4n) is 1.39. The molecule has 2 heterocycles. The van der Waals surface area contributed by atoms with Crippen molar-refractivity contribution in [3.8, 4) is 0 Å². The predicted molar refractivity (Wildman–Crippen MR) is 65.1 cm³/mol. The summed E-state index contributed by atoms with van der Waals surface area (Å²) in [5.41, 5.74) is 5.27. The van der Waals surface area contributed by atoms with Crippen LogP contribution >= 0.6 is 11.3 Å². The molecule has 0 atom stereocenters. The highest BCUT2D eigenvalue weighted by Gasteiger charge is 2.11. The van der Waals surface area contributed by atoms with Gasteiger partial charge in [0.2, 0.25) is 5.95 Å². The van der Waals surface area contributed by atoms with Crippen LogP contribution in [0.4, 0.5) is 5.95 Å². The van der Waals surface area contributed by atoms with E-state index >= 15 is 0 Å². The number of thiazole rings is 1. The molecule has 0 aliphatic heterocycles. The molecule has 0 fully saturated rings. The third-order valence-electron chi connectivity index (χ3n) is 2.10. The predicted octanol–water partition coefficient (Wildman–Crippen LogP) is -0.723. The van der Waals surface area contributed by atoms with Crippen molar-refractivity contribution in [2.45, 2.75) is 6.54 Å². The molecular formula is C9H10N4O3S. The summed E-state index contributed by atoms with van der Waals surface area (Å²) in [4.78, 5) is 29.1. The number of anilines is 1. The number of nitrogen functional groups attached to an aromatic ring is 1. The molecule has 90 valence electrons. The molecule has 0 aliphatic rings. The van der Waals surface area contributed by atoms with Gasteiger partial charge in [-0.1, -0.05) is 23.5 Å². The molecule has 2 aromatic heterocycles. The summed E-state index contributed by atoms with van der Waals surface area (Å²) in [6.45, 7) is 0.141. The average molecular weight is 254 g/mol. The van der Waals surface area contributed by atoms with Crippen LogP contribution in [0.25, 0.3) is 10.3 Å². The zero-order chi connectivity index (χ0) is 12.4. The number of rotatable bonds is 3. The normalized spacial score (nSPS) is 11.6. The lowest BCUT2D eigenvalue weighted by atomic mass is 10.5. The number of fused-ring (bicyclic) bond motifs is 1. The Morgan fingerprint density at radius 1 is 1.47 bits per heavy atom.